The zero-order chi connectivity index (χ0) is 11.7. The fraction of sp³-hybridized carbons (Fsp3) is 0.0833. The van der Waals surface area contributed by atoms with Crippen LogP contribution in [0.4, 0.5) is 0 Å². The van der Waals surface area contributed by atoms with E-state index < -0.39 is 0 Å². The summed E-state index contributed by atoms with van der Waals surface area (Å²) < 4.78 is 1.05. The number of thiophene rings is 1. The normalized spacial score (nSPS) is 10.4. The first kappa shape index (κ1) is 11.8. The number of hydrogen-bond acceptors (Lipinski definition) is 2. The minimum Gasteiger partial charge on any atom is -0.294 e. The van der Waals surface area contributed by atoms with Crippen molar-refractivity contribution in [3.05, 3.63) is 44.7 Å². The first-order valence-corrected chi connectivity index (χ1v) is 6.68. The van der Waals surface area contributed by atoms with Crippen molar-refractivity contribution in [1.82, 2.24) is 0 Å². The van der Waals surface area contributed by atoms with Gasteiger partial charge < -0.3 is 0 Å². The van der Waals surface area contributed by atoms with Crippen LogP contribution in [0.15, 0.2) is 34.1 Å². The molecule has 0 radical (unpaired) electrons. The molecule has 0 spiro atoms. The van der Waals surface area contributed by atoms with Crippen molar-refractivity contribution >= 4 is 44.7 Å². The van der Waals surface area contributed by atoms with Crippen molar-refractivity contribution in [3.63, 3.8) is 0 Å². The maximum absolute atomic E-state index is 11.2. The molecule has 2 aromatic rings. The van der Waals surface area contributed by atoms with Gasteiger partial charge in [0.1, 0.15) is 0 Å². The molecule has 2 rings (SSSR count). The van der Waals surface area contributed by atoms with Crippen LogP contribution in [0, 0.1) is 0 Å². The third-order valence-corrected chi connectivity index (χ3v) is 4.43. The number of benzene rings is 1. The average molecular weight is 316 g/mol. The molecule has 0 atom stereocenters. The molecule has 0 unspecified atom stereocenters. The molecule has 0 aliphatic rings. The van der Waals surface area contributed by atoms with Crippen molar-refractivity contribution in [2.75, 3.05) is 0 Å². The number of carbonyl (C=O) groups is 1. The molecule has 1 heterocycles. The van der Waals surface area contributed by atoms with Gasteiger partial charge in [-0.3, -0.25) is 4.79 Å². The number of carbonyl (C=O) groups excluding carboxylic acids is 1. The van der Waals surface area contributed by atoms with Gasteiger partial charge in [-0.05, 0) is 52.0 Å². The van der Waals surface area contributed by atoms with Crippen LogP contribution in [-0.2, 0) is 0 Å². The standard InChI is InChI=1S/C12H8BrClOS/c1-7(15)9-3-2-8(6-11(9)14)12-10(13)4-5-16-12/h2-6H,1H3. The van der Waals surface area contributed by atoms with Crippen molar-refractivity contribution < 1.29 is 4.79 Å². The summed E-state index contributed by atoms with van der Waals surface area (Å²) in [6.07, 6.45) is 0. The van der Waals surface area contributed by atoms with Gasteiger partial charge in [-0.2, -0.15) is 0 Å². The predicted molar refractivity (Wildman–Crippen MR) is 72.5 cm³/mol. The summed E-state index contributed by atoms with van der Waals surface area (Å²) in [6.45, 7) is 1.52. The summed E-state index contributed by atoms with van der Waals surface area (Å²) in [7, 11) is 0. The van der Waals surface area contributed by atoms with Gasteiger partial charge in [0.15, 0.2) is 5.78 Å². The second-order valence-corrected chi connectivity index (χ2v) is 5.53. The van der Waals surface area contributed by atoms with E-state index in [-0.39, 0.29) is 5.78 Å². The number of hydrogen-bond donors (Lipinski definition) is 0. The molecule has 1 aromatic carbocycles. The largest absolute Gasteiger partial charge is 0.294 e. The smallest absolute Gasteiger partial charge is 0.161 e. The Morgan fingerprint density at radius 2 is 2.12 bits per heavy atom. The summed E-state index contributed by atoms with van der Waals surface area (Å²) in [6, 6.07) is 7.51. The Morgan fingerprint density at radius 3 is 2.62 bits per heavy atom. The average Bonchev–Trinajstić information content (AvgIpc) is 2.63. The molecule has 0 saturated carbocycles. The first-order valence-electron chi connectivity index (χ1n) is 4.63. The summed E-state index contributed by atoms with van der Waals surface area (Å²) in [4.78, 5) is 12.4. The van der Waals surface area contributed by atoms with Gasteiger partial charge in [0.05, 0.1) is 5.02 Å². The van der Waals surface area contributed by atoms with E-state index in [0.29, 0.717) is 10.6 Å². The van der Waals surface area contributed by atoms with Crippen LogP contribution in [0.5, 0.6) is 0 Å². The quantitative estimate of drug-likeness (QED) is 0.710. The van der Waals surface area contributed by atoms with Gasteiger partial charge in [0.25, 0.3) is 0 Å². The topological polar surface area (TPSA) is 17.1 Å². The molecule has 0 amide bonds. The number of halogens is 2. The van der Waals surface area contributed by atoms with E-state index in [4.69, 9.17) is 11.6 Å². The molecule has 1 nitrogen and oxygen atoms in total. The van der Waals surface area contributed by atoms with Gasteiger partial charge in [-0.15, -0.1) is 11.3 Å². The molecule has 0 N–H and O–H groups in total. The Bertz CT molecular complexity index is 548. The molecule has 4 heteroatoms. The molecule has 0 bridgehead atoms. The molecule has 0 fully saturated rings. The van der Waals surface area contributed by atoms with E-state index in [0.717, 1.165) is 14.9 Å². The highest BCUT2D eigenvalue weighted by atomic mass is 79.9. The van der Waals surface area contributed by atoms with Crippen molar-refractivity contribution in [3.8, 4) is 10.4 Å². The van der Waals surface area contributed by atoms with Crippen LogP contribution in [0.2, 0.25) is 5.02 Å². The van der Waals surface area contributed by atoms with Crippen LogP contribution in [0.1, 0.15) is 17.3 Å². The summed E-state index contributed by atoms with van der Waals surface area (Å²) >= 11 is 11.2. The Balaban J connectivity index is 2.50. The molecule has 82 valence electrons. The zero-order valence-corrected chi connectivity index (χ0v) is 11.6. The van der Waals surface area contributed by atoms with E-state index >= 15 is 0 Å². The summed E-state index contributed by atoms with van der Waals surface area (Å²) in [5.41, 5.74) is 1.59. The van der Waals surface area contributed by atoms with E-state index in [9.17, 15) is 4.79 Å². The van der Waals surface area contributed by atoms with Crippen molar-refractivity contribution in [1.29, 1.82) is 0 Å². The molecule has 0 aliphatic carbocycles. The van der Waals surface area contributed by atoms with E-state index in [2.05, 4.69) is 15.9 Å². The first-order chi connectivity index (χ1) is 7.59. The lowest BCUT2D eigenvalue weighted by atomic mass is 10.1. The third kappa shape index (κ3) is 2.21. The Kier molecular flexibility index (Phi) is 3.47. The highest BCUT2D eigenvalue weighted by Gasteiger charge is 2.09. The minimum atomic E-state index is -0.0122. The molecule has 1 aromatic heterocycles. The fourth-order valence-electron chi connectivity index (χ4n) is 1.44. The lowest BCUT2D eigenvalue weighted by Gasteiger charge is -2.03. The molecular formula is C12H8BrClOS. The number of Topliss-reactive ketones (excluding diaryl/α,β-unsaturated/α-hetero) is 1. The highest BCUT2D eigenvalue weighted by Crippen LogP contribution is 2.35. The molecule has 0 aliphatic heterocycles. The SMILES string of the molecule is CC(=O)c1ccc(-c2sccc2Br)cc1Cl. The van der Waals surface area contributed by atoms with Crippen LogP contribution < -0.4 is 0 Å². The molecular weight excluding hydrogens is 308 g/mol. The lowest BCUT2D eigenvalue weighted by molar-refractivity contribution is 0.101. The van der Waals surface area contributed by atoms with Gasteiger partial charge in [-0.1, -0.05) is 17.7 Å². The Hall–Kier alpha value is -0.640. The van der Waals surface area contributed by atoms with E-state index in [1.54, 1.807) is 17.4 Å². The predicted octanol–water partition coefficient (Wildman–Crippen LogP) is 5.03. The van der Waals surface area contributed by atoms with Crippen LogP contribution in [-0.4, -0.2) is 5.78 Å². The third-order valence-electron chi connectivity index (χ3n) is 2.23. The maximum atomic E-state index is 11.2. The Labute approximate surface area is 111 Å². The Morgan fingerprint density at radius 1 is 1.38 bits per heavy atom. The molecule has 0 saturated heterocycles. The van der Waals surface area contributed by atoms with Crippen LogP contribution in [0.25, 0.3) is 10.4 Å². The highest BCUT2D eigenvalue weighted by molar-refractivity contribution is 9.10. The monoisotopic (exact) mass is 314 g/mol. The summed E-state index contributed by atoms with van der Waals surface area (Å²) in [5, 5.41) is 2.51. The van der Waals surface area contributed by atoms with Gasteiger partial charge >= 0.3 is 0 Å². The van der Waals surface area contributed by atoms with E-state index in [1.165, 1.54) is 6.92 Å². The van der Waals surface area contributed by atoms with Crippen molar-refractivity contribution in [2.45, 2.75) is 6.92 Å². The summed E-state index contributed by atoms with van der Waals surface area (Å²) in [5.74, 6) is -0.0122. The zero-order valence-electron chi connectivity index (χ0n) is 8.46. The lowest BCUT2D eigenvalue weighted by Crippen LogP contribution is -1.92. The fourth-order valence-corrected chi connectivity index (χ4v) is 3.36. The van der Waals surface area contributed by atoms with Gasteiger partial charge in [0, 0.05) is 14.9 Å². The minimum absolute atomic E-state index is 0.0122. The van der Waals surface area contributed by atoms with Gasteiger partial charge in [-0.25, -0.2) is 0 Å². The second kappa shape index (κ2) is 4.70. The van der Waals surface area contributed by atoms with Crippen LogP contribution >= 0.6 is 38.9 Å². The number of ketones is 1. The maximum Gasteiger partial charge on any atom is 0.161 e. The molecule has 16 heavy (non-hydrogen) atoms. The van der Waals surface area contributed by atoms with Gasteiger partial charge in [0.2, 0.25) is 0 Å². The second-order valence-electron chi connectivity index (χ2n) is 3.35. The number of rotatable bonds is 2. The van der Waals surface area contributed by atoms with E-state index in [1.807, 2.05) is 23.6 Å². The van der Waals surface area contributed by atoms with Crippen molar-refractivity contribution in [2.24, 2.45) is 0 Å². The van der Waals surface area contributed by atoms with Crippen LogP contribution in [0.3, 0.4) is 0 Å².